The standard InChI is InChI=1S/C33H40N6O10/c1-32-6-5-24(48-29-27(43)26(42)25(41)22(15-40)47-29)33(2,49-45)23(32)11-21-19(14-39-8-7-35-31(39)38-21)20(32)4-3-17-10-18(46-28(17)44)9-16-12-36-30(34)37-13-16/h3-4,7-10,12-13,19-20,22-27,29,40-43,45H,5-6,11,14-15H2,1-2H3,(H2,34,36,37)/b4-3+,18-9+/t19?,20?,22?,23?,24-,25?,26?,27?,29?,32-,33+/m1/s1. The maximum atomic E-state index is 13.0. The number of aliphatic imine (C=N–C) groups is 1. The van der Waals surface area contributed by atoms with E-state index in [4.69, 9.17) is 29.8 Å². The van der Waals surface area contributed by atoms with Gasteiger partial charge in [-0.05, 0) is 49.7 Å². The number of nitrogens with zero attached hydrogens (tertiary/aromatic N) is 5. The molecule has 2 aliphatic carbocycles. The molecule has 7 rings (SSSR count). The minimum absolute atomic E-state index is 0.0648. The van der Waals surface area contributed by atoms with Crippen molar-refractivity contribution < 1.29 is 49.6 Å². The van der Waals surface area contributed by atoms with Crippen LogP contribution >= 0.6 is 0 Å². The number of nitrogens with two attached hydrogens (primary N) is 1. The molecular weight excluding hydrogens is 640 g/mol. The lowest BCUT2D eigenvalue weighted by Crippen LogP contribution is -2.66. The molecular formula is C33H40N6O10. The number of aliphatic hydroxyl groups excluding tert-OH is 4. The molecule has 5 aliphatic rings. The Morgan fingerprint density at radius 3 is 2.65 bits per heavy atom. The molecule has 0 amide bonds. The molecule has 5 heterocycles. The zero-order chi connectivity index (χ0) is 34.7. The summed E-state index contributed by atoms with van der Waals surface area (Å²) in [6.07, 6.45) is 6.89. The average Bonchev–Trinajstić information content (AvgIpc) is 3.70. The Morgan fingerprint density at radius 1 is 1.14 bits per heavy atom. The number of fused-ring (bicyclic) bond motifs is 3. The molecule has 16 heteroatoms. The molecule has 2 saturated carbocycles. The number of hydrogen-bond acceptors (Lipinski definition) is 15. The molecule has 0 spiro atoms. The number of aliphatic hydroxyl groups is 4. The Bertz CT molecular complexity index is 1710. The second-order valence-electron chi connectivity index (χ2n) is 13.8. The first-order valence-corrected chi connectivity index (χ1v) is 16.2. The van der Waals surface area contributed by atoms with Crippen LogP contribution in [0.15, 0.2) is 59.3 Å². The number of imidazole rings is 1. The molecule has 0 aromatic carbocycles. The predicted octanol–water partition coefficient (Wildman–Crippen LogP) is 0.908. The molecule has 2 aromatic heterocycles. The summed E-state index contributed by atoms with van der Waals surface area (Å²) >= 11 is 0. The molecule has 7 N–H and O–H groups in total. The van der Waals surface area contributed by atoms with Crippen molar-refractivity contribution in [3.63, 3.8) is 0 Å². The minimum atomic E-state index is -1.62. The number of aromatic nitrogens is 4. The van der Waals surface area contributed by atoms with Crippen LogP contribution in [0.3, 0.4) is 0 Å². The quantitative estimate of drug-likeness (QED) is 0.103. The average molecular weight is 681 g/mol. The Balaban J connectivity index is 1.21. The van der Waals surface area contributed by atoms with E-state index in [0.29, 0.717) is 48.7 Å². The van der Waals surface area contributed by atoms with Gasteiger partial charge in [-0.15, -0.1) is 0 Å². The molecule has 1 saturated heterocycles. The van der Waals surface area contributed by atoms with E-state index < -0.39 is 66.3 Å². The van der Waals surface area contributed by atoms with Crippen molar-refractivity contribution in [2.24, 2.45) is 28.2 Å². The molecule has 49 heavy (non-hydrogen) atoms. The van der Waals surface area contributed by atoms with Crippen LogP contribution in [-0.4, -0.2) is 106 Å². The number of carbonyl (C=O) groups is 1. The second kappa shape index (κ2) is 12.8. The third-order valence-corrected chi connectivity index (χ3v) is 11.0. The van der Waals surface area contributed by atoms with Gasteiger partial charge in [-0.2, -0.15) is 0 Å². The number of rotatable bonds is 7. The Morgan fingerprint density at radius 2 is 1.92 bits per heavy atom. The highest BCUT2D eigenvalue weighted by Crippen LogP contribution is 2.60. The van der Waals surface area contributed by atoms with Crippen molar-refractivity contribution in [3.05, 3.63) is 59.9 Å². The van der Waals surface area contributed by atoms with Gasteiger partial charge in [-0.1, -0.05) is 19.1 Å². The topological polar surface area (TPSA) is 237 Å². The van der Waals surface area contributed by atoms with E-state index in [1.165, 1.54) is 12.4 Å². The van der Waals surface area contributed by atoms with Gasteiger partial charge in [0.1, 0.15) is 35.8 Å². The van der Waals surface area contributed by atoms with Crippen LogP contribution in [0.1, 0.15) is 38.7 Å². The lowest BCUT2D eigenvalue weighted by molar-refractivity contribution is -0.399. The summed E-state index contributed by atoms with van der Waals surface area (Å²) in [5, 5.41) is 51.6. The maximum absolute atomic E-state index is 13.0. The van der Waals surface area contributed by atoms with Gasteiger partial charge in [0, 0.05) is 54.4 Å². The highest BCUT2D eigenvalue weighted by atomic mass is 17.1. The van der Waals surface area contributed by atoms with Crippen molar-refractivity contribution in [2.75, 3.05) is 12.3 Å². The van der Waals surface area contributed by atoms with Gasteiger partial charge >= 0.3 is 5.97 Å². The molecule has 16 nitrogen and oxygen atoms in total. The Kier molecular flexibility index (Phi) is 8.77. The first-order chi connectivity index (χ1) is 23.4. The molecule has 8 unspecified atom stereocenters. The number of esters is 1. The fourth-order valence-electron chi connectivity index (χ4n) is 8.30. The summed E-state index contributed by atoms with van der Waals surface area (Å²) in [6.45, 7) is 3.86. The third kappa shape index (κ3) is 5.81. The molecule has 3 fully saturated rings. The van der Waals surface area contributed by atoms with Gasteiger partial charge in [0.15, 0.2) is 6.29 Å². The fraction of sp³-hybridized carbons (Fsp3) is 0.545. The molecule has 2 aromatic rings. The summed E-state index contributed by atoms with van der Waals surface area (Å²) in [4.78, 5) is 35.5. The predicted molar refractivity (Wildman–Crippen MR) is 170 cm³/mol. The van der Waals surface area contributed by atoms with Crippen molar-refractivity contribution >= 4 is 29.7 Å². The van der Waals surface area contributed by atoms with Gasteiger partial charge in [0.05, 0.1) is 18.3 Å². The van der Waals surface area contributed by atoms with Crippen LogP contribution in [0.5, 0.6) is 0 Å². The number of ether oxygens (including phenoxy) is 3. The molecule has 3 aliphatic heterocycles. The zero-order valence-electron chi connectivity index (χ0n) is 26.9. The minimum Gasteiger partial charge on any atom is -0.423 e. The van der Waals surface area contributed by atoms with Gasteiger partial charge in [0.25, 0.3) is 0 Å². The van der Waals surface area contributed by atoms with Crippen molar-refractivity contribution in [2.45, 2.75) is 82.1 Å². The van der Waals surface area contributed by atoms with Crippen LogP contribution in [0.4, 0.5) is 11.9 Å². The number of anilines is 1. The normalized spacial score (nSPS) is 39.6. The van der Waals surface area contributed by atoms with Gasteiger partial charge in [-0.3, -0.25) is 5.26 Å². The van der Waals surface area contributed by atoms with E-state index in [0.717, 1.165) is 5.71 Å². The van der Waals surface area contributed by atoms with Gasteiger partial charge in [0.2, 0.25) is 11.9 Å². The summed E-state index contributed by atoms with van der Waals surface area (Å²) in [5.74, 6) is -0.134. The fourth-order valence-corrected chi connectivity index (χ4v) is 8.30. The summed E-state index contributed by atoms with van der Waals surface area (Å²) < 4.78 is 19.4. The smallest absolute Gasteiger partial charge is 0.343 e. The van der Waals surface area contributed by atoms with E-state index in [1.54, 1.807) is 31.3 Å². The first-order valence-electron chi connectivity index (χ1n) is 16.2. The number of allylic oxidation sites excluding steroid dienone is 2. The number of hydrogen-bond donors (Lipinski definition) is 6. The molecule has 0 radical (unpaired) electrons. The largest absolute Gasteiger partial charge is 0.423 e. The zero-order valence-corrected chi connectivity index (χ0v) is 26.9. The van der Waals surface area contributed by atoms with Crippen LogP contribution in [0.25, 0.3) is 6.08 Å². The molecule has 0 bridgehead atoms. The second-order valence-corrected chi connectivity index (χ2v) is 13.8. The van der Waals surface area contributed by atoms with Crippen molar-refractivity contribution in [1.29, 1.82) is 0 Å². The van der Waals surface area contributed by atoms with E-state index in [2.05, 4.69) is 21.9 Å². The summed E-state index contributed by atoms with van der Waals surface area (Å²) in [5.41, 5.74) is 5.53. The Labute approximate surface area is 281 Å². The van der Waals surface area contributed by atoms with E-state index in [1.807, 2.05) is 16.8 Å². The molecule has 11 atom stereocenters. The van der Waals surface area contributed by atoms with Crippen molar-refractivity contribution in [3.8, 4) is 0 Å². The highest BCUT2D eigenvalue weighted by Gasteiger charge is 2.63. The maximum Gasteiger partial charge on any atom is 0.343 e. The third-order valence-electron chi connectivity index (χ3n) is 11.0. The summed E-state index contributed by atoms with van der Waals surface area (Å²) in [6, 6.07) is 0. The van der Waals surface area contributed by atoms with Crippen LogP contribution < -0.4 is 5.73 Å². The SMILES string of the molecule is C[C@]12CC[C@@H](OC3OC(CO)C(O)C(O)C3O)[C@@](C)(OO)C1CC1=Nc3nccn3CC1C2/C=C/C1=CC(=C\c2cnc(N)nc2)/OC1=O. The number of nitrogen functional groups attached to an aromatic ring is 1. The van der Waals surface area contributed by atoms with E-state index >= 15 is 0 Å². The van der Waals surface area contributed by atoms with Crippen LogP contribution in [0.2, 0.25) is 0 Å². The van der Waals surface area contributed by atoms with E-state index in [9.17, 15) is 30.5 Å². The number of cyclic esters (lactones) is 1. The number of carbonyl (C=O) groups excluding carboxylic acids is 1. The summed E-state index contributed by atoms with van der Waals surface area (Å²) in [7, 11) is 0. The van der Waals surface area contributed by atoms with Crippen molar-refractivity contribution in [1.82, 2.24) is 19.5 Å². The lowest BCUT2D eigenvalue weighted by Gasteiger charge is -2.61. The monoisotopic (exact) mass is 680 g/mol. The van der Waals surface area contributed by atoms with E-state index in [-0.39, 0.29) is 17.8 Å². The first kappa shape index (κ1) is 33.6. The van der Waals surface area contributed by atoms with Gasteiger partial charge < -0.3 is 44.9 Å². The molecule has 262 valence electrons. The Hall–Kier alpha value is -3.87. The van der Waals surface area contributed by atoms with Crippen LogP contribution in [0, 0.1) is 23.2 Å². The van der Waals surface area contributed by atoms with Crippen LogP contribution in [-0.2, 0) is 30.4 Å². The highest BCUT2D eigenvalue weighted by molar-refractivity contribution is 5.96. The lowest BCUT2D eigenvalue weighted by atomic mass is 9.47. The van der Waals surface area contributed by atoms with Gasteiger partial charge in [-0.25, -0.2) is 29.6 Å².